The summed E-state index contributed by atoms with van der Waals surface area (Å²) in [4.78, 5) is 13.0. The average Bonchev–Trinajstić information content (AvgIpc) is 2.93. The third-order valence-electron chi connectivity index (χ3n) is 2.88. The lowest BCUT2D eigenvalue weighted by Crippen LogP contribution is -2.39. The second kappa shape index (κ2) is 5.65. The highest BCUT2D eigenvalue weighted by Crippen LogP contribution is 2.42. The Morgan fingerprint density at radius 3 is 2.82 bits per heavy atom. The molecular weight excluding hydrogens is 232 g/mol. The second-order valence-electron chi connectivity index (χ2n) is 4.93. The molecule has 1 fully saturated rings. The third-order valence-corrected chi connectivity index (χ3v) is 3.83. The molecule has 94 valence electrons. The first-order valence-electron chi connectivity index (χ1n) is 6.23. The zero-order valence-corrected chi connectivity index (χ0v) is 11.2. The van der Waals surface area contributed by atoms with Gasteiger partial charge in [0.25, 0.3) is 0 Å². The fourth-order valence-electron chi connectivity index (χ4n) is 1.97. The van der Waals surface area contributed by atoms with Crippen molar-refractivity contribution in [2.45, 2.75) is 38.8 Å². The fraction of sp³-hybridized carbons (Fsp3) is 0.615. The van der Waals surface area contributed by atoms with Gasteiger partial charge in [0.1, 0.15) is 0 Å². The SMILES string of the molecule is CC(C)NC(=O)CNC(c1cccs1)C1CC1. The van der Waals surface area contributed by atoms with Gasteiger partial charge in [0, 0.05) is 17.0 Å². The third kappa shape index (κ3) is 3.82. The molecule has 1 aromatic rings. The highest BCUT2D eigenvalue weighted by molar-refractivity contribution is 7.10. The van der Waals surface area contributed by atoms with E-state index in [-0.39, 0.29) is 11.9 Å². The van der Waals surface area contributed by atoms with Gasteiger partial charge in [-0.05, 0) is 44.1 Å². The van der Waals surface area contributed by atoms with Crippen molar-refractivity contribution in [2.75, 3.05) is 6.54 Å². The Morgan fingerprint density at radius 1 is 1.53 bits per heavy atom. The summed E-state index contributed by atoms with van der Waals surface area (Å²) in [5.41, 5.74) is 0. The molecule has 0 aliphatic heterocycles. The predicted octanol–water partition coefficient (Wildman–Crippen LogP) is 2.31. The molecule has 1 aliphatic rings. The molecule has 1 atom stereocenters. The second-order valence-corrected chi connectivity index (χ2v) is 5.91. The van der Waals surface area contributed by atoms with Crippen molar-refractivity contribution < 1.29 is 4.79 Å². The van der Waals surface area contributed by atoms with Crippen LogP contribution in [-0.2, 0) is 4.79 Å². The summed E-state index contributed by atoms with van der Waals surface area (Å²) < 4.78 is 0. The molecule has 2 N–H and O–H groups in total. The predicted molar refractivity (Wildman–Crippen MR) is 71.1 cm³/mol. The molecule has 1 heterocycles. The summed E-state index contributed by atoms with van der Waals surface area (Å²) in [6.45, 7) is 4.38. The lowest BCUT2D eigenvalue weighted by Gasteiger charge is -2.17. The number of hydrogen-bond acceptors (Lipinski definition) is 3. The van der Waals surface area contributed by atoms with Crippen molar-refractivity contribution in [2.24, 2.45) is 5.92 Å². The van der Waals surface area contributed by atoms with Crippen molar-refractivity contribution in [1.82, 2.24) is 10.6 Å². The average molecular weight is 252 g/mol. The van der Waals surface area contributed by atoms with Gasteiger partial charge in [-0.1, -0.05) is 6.07 Å². The molecule has 0 spiro atoms. The van der Waals surface area contributed by atoms with E-state index in [9.17, 15) is 4.79 Å². The Morgan fingerprint density at radius 2 is 2.29 bits per heavy atom. The Labute approximate surface area is 107 Å². The molecule has 1 aliphatic carbocycles. The van der Waals surface area contributed by atoms with E-state index in [1.807, 2.05) is 13.8 Å². The van der Waals surface area contributed by atoms with Gasteiger partial charge < -0.3 is 10.6 Å². The van der Waals surface area contributed by atoms with Crippen LogP contribution in [-0.4, -0.2) is 18.5 Å². The monoisotopic (exact) mass is 252 g/mol. The number of carbonyl (C=O) groups is 1. The molecule has 3 nitrogen and oxygen atoms in total. The number of amides is 1. The Balaban J connectivity index is 1.85. The van der Waals surface area contributed by atoms with Crippen molar-refractivity contribution in [3.63, 3.8) is 0 Å². The molecule has 1 amide bonds. The topological polar surface area (TPSA) is 41.1 Å². The van der Waals surface area contributed by atoms with Gasteiger partial charge in [-0.25, -0.2) is 0 Å². The maximum Gasteiger partial charge on any atom is 0.234 e. The normalized spacial score (nSPS) is 17.1. The first-order valence-corrected chi connectivity index (χ1v) is 7.11. The van der Waals surface area contributed by atoms with Gasteiger partial charge in [-0.3, -0.25) is 4.79 Å². The number of nitrogens with one attached hydrogen (secondary N) is 2. The maximum absolute atomic E-state index is 11.6. The minimum Gasteiger partial charge on any atom is -0.353 e. The minimum absolute atomic E-state index is 0.0854. The van der Waals surface area contributed by atoms with E-state index >= 15 is 0 Å². The summed E-state index contributed by atoms with van der Waals surface area (Å²) in [7, 11) is 0. The molecule has 1 saturated carbocycles. The molecule has 1 aromatic heterocycles. The quantitative estimate of drug-likeness (QED) is 0.816. The summed E-state index contributed by atoms with van der Waals surface area (Å²) in [6.07, 6.45) is 2.56. The largest absolute Gasteiger partial charge is 0.353 e. The number of rotatable bonds is 6. The van der Waals surface area contributed by atoms with Crippen LogP contribution in [0.4, 0.5) is 0 Å². The molecule has 0 bridgehead atoms. The van der Waals surface area contributed by atoms with E-state index in [1.165, 1.54) is 17.7 Å². The number of carbonyl (C=O) groups excluding carboxylic acids is 1. The van der Waals surface area contributed by atoms with Crippen LogP contribution < -0.4 is 10.6 Å². The maximum atomic E-state index is 11.6. The van der Waals surface area contributed by atoms with Gasteiger partial charge in [0.2, 0.25) is 5.91 Å². The zero-order chi connectivity index (χ0) is 12.3. The van der Waals surface area contributed by atoms with Crippen molar-refractivity contribution in [3.05, 3.63) is 22.4 Å². The molecule has 0 aromatic carbocycles. The van der Waals surface area contributed by atoms with Crippen molar-refractivity contribution in [3.8, 4) is 0 Å². The highest BCUT2D eigenvalue weighted by atomic mass is 32.1. The van der Waals surface area contributed by atoms with Crippen LogP contribution in [0.2, 0.25) is 0 Å². The van der Waals surface area contributed by atoms with Crippen molar-refractivity contribution in [1.29, 1.82) is 0 Å². The molecule has 2 rings (SSSR count). The first kappa shape index (κ1) is 12.6. The van der Waals surface area contributed by atoms with Crippen LogP contribution in [0.25, 0.3) is 0 Å². The van der Waals surface area contributed by atoms with Crippen LogP contribution in [0.15, 0.2) is 17.5 Å². The van der Waals surface area contributed by atoms with E-state index in [1.54, 1.807) is 11.3 Å². The van der Waals surface area contributed by atoms with Gasteiger partial charge in [0.15, 0.2) is 0 Å². The first-order chi connectivity index (χ1) is 8.16. The minimum atomic E-state index is 0.0854. The van der Waals surface area contributed by atoms with Crippen LogP contribution in [0.3, 0.4) is 0 Å². The van der Waals surface area contributed by atoms with Gasteiger partial charge >= 0.3 is 0 Å². The van der Waals surface area contributed by atoms with E-state index in [2.05, 4.69) is 28.1 Å². The van der Waals surface area contributed by atoms with E-state index < -0.39 is 0 Å². The Hall–Kier alpha value is -0.870. The fourth-order valence-corrected chi connectivity index (χ4v) is 2.87. The van der Waals surface area contributed by atoms with Gasteiger partial charge in [0.05, 0.1) is 6.54 Å². The molecular formula is C13H20N2OS. The summed E-state index contributed by atoms with van der Waals surface area (Å²) in [6, 6.07) is 4.81. The number of thiophene rings is 1. The molecule has 17 heavy (non-hydrogen) atoms. The van der Waals surface area contributed by atoms with E-state index in [4.69, 9.17) is 0 Å². The Bertz CT molecular complexity index is 358. The van der Waals surface area contributed by atoms with Crippen LogP contribution in [0.1, 0.15) is 37.6 Å². The molecule has 4 heteroatoms. The van der Waals surface area contributed by atoms with Crippen molar-refractivity contribution >= 4 is 17.2 Å². The lowest BCUT2D eigenvalue weighted by molar-refractivity contribution is -0.120. The zero-order valence-electron chi connectivity index (χ0n) is 10.4. The van der Waals surface area contributed by atoms with E-state index in [0.717, 1.165) is 5.92 Å². The highest BCUT2D eigenvalue weighted by Gasteiger charge is 2.32. The molecule has 0 saturated heterocycles. The summed E-state index contributed by atoms with van der Waals surface area (Å²) in [5, 5.41) is 8.39. The Kier molecular flexibility index (Phi) is 4.18. The summed E-state index contributed by atoms with van der Waals surface area (Å²) in [5.74, 6) is 0.808. The van der Waals surface area contributed by atoms with Gasteiger partial charge in [-0.15, -0.1) is 11.3 Å². The smallest absolute Gasteiger partial charge is 0.234 e. The molecule has 0 radical (unpaired) electrons. The standard InChI is InChI=1S/C13H20N2OS/c1-9(2)15-12(16)8-14-13(10-5-6-10)11-4-3-7-17-11/h3-4,7,9-10,13-14H,5-6,8H2,1-2H3,(H,15,16). The molecule has 1 unspecified atom stereocenters. The van der Waals surface area contributed by atoms with Crippen LogP contribution in [0.5, 0.6) is 0 Å². The van der Waals surface area contributed by atoms with Crippen LogP contribution in [0, 0.1) is 5.92 Å². The number of hydrogen-bond donors (Lipinski definition) is 2. The van der Waals surface area contributed by atoms with Gasteiger partial charge in [-0.2, -0.15) is 0 Å². The van der Waals surface area contributed by atoms with Crippen LogP contribution >= 0.6 is 11.3 Å². The summed E-state index contributed by atoms with van der Waals surface area (Å²) >= 11 is 1.77. The lowest BCUT2D eigenvalue weighted by atomic mass is 10.1. The van der Waals surface area contributed by atoms with E-state index in [0.29, 0.717) is 12.6 Å².